The molecule has 1 aromatic carbocycles. The van der Waals surface area contributed by atoms with Gasteiger partial charge in [0.25, 0.3) is 0 Å². The number of carbonyl (C=O) groups is 1. The zero-order valence-corrected chi connectivity index (χ0v) is 15.1. The first-order valence-corrected chi connectivity index (χ1v) is 8.57. The molecule has 3 aromatic rings. The first-order chi connectivity index (χ1) is 13.4. The molecule has 0 aliphatic heterocycles. The fourth-order valence-corrected chi connectivity index (χ4v) is 2.71. The topological polar surface area (TPSA) is 72.7 Å². The highest BCUT2D eigenvalue weighted by Crippen LogP contribution is 2.30. The molecule has 9 heteroatoms. The number of aryl methyl sites for hydroxylation is 1. The summed E-state index contributed by atoms with van der Waals surface area (Å²) >= 11 is 0. The third-order valence-electron chi connectivity index (χ3n) is 4.10. The predicted molar refractivity (Wildman–Crippen MR) is 96.2 cm³/mol. The number of benzene rings is 1. The number of hydrogen-bond acceptors (Lipinski definition) is 4. The Balaban J connectivity index is 1.90. The van der Waals surface area contributed by atoms with Crippen LogP contribution in [0, 0.1) is 0 Å². The minimum atomic E-state index is -4.40. The molecule has 0 bridgehead atoms. The molecule has 2 aromatic heterocycles. The monoisotopic (exact) mass is 389 g/mol. The van der Waals surface area contributed by atoms with Crippen molar-refractivity contribution in [1.82, 2.24) is 25.1 Å². The number of halogens is 3. The van der Waals surface area contributed by atoms with Crippen molar-refractivity contribution in [2.24, 2.45) is 0 Å². The average Bonchev–Trinajstić information content (AvgIpc) is 3.09. The van der Waals surface area contributed by atoms with Crippen molar-refractivity contribution >= 4 is 5.91 Å². The molecule has 1 amide bonds. The van der Waals surface area contributed by atoms with Crippen LogP contribution < -0.4 is 5.32 Å². The second-order valence-corrected chi connectivity index (χ2v) is 6.11. The summed E-state index contributed by atoms with van der Waals surface area (Å²) in [4.78, 5) is 20.0. The molecule has 0 aliphatic carbocycles. The molecule has 0 aliphatic rings. The van der Waals surface area contributed by atoms with Gasteiger partial charge in [0.15, 0.2) is 11.6 Å². The van der Waals surface area contributed by atoms with Gasteiger partial charge in [0.05, 0.1) is 12.1 Å². The molecule has 0 radical (unpaired) electrons. The molecule has 0 atom stereocenters. The van der Waals surface area contributed by atoms with Crippen LogP contribution in [0.4, 0.5) is 13.2 Å². The smallest absolute Gasteiger partial charge is 0.359 e. The first-order valence-electron chi connectivity index (χ1n) is 8.57. The maximum atomic E-state index is 12.9. The van der Waals surface area contributed by atoms with Crippen LogP contribution in [-0.4, -0.2) is 32.7 Å². The molecular formula is C19H18F3N5O. The highest BCUT2D eigenvalue weighted by atomic mass is 19.4. The summed E-state index contributed by atoms with van der Waals surface area (Å²) in [5.74, 6) is 0.770. The summed E-state index contributed by atoms with van der Waals surface area (Å²) in [5.41, 5.74) is 0.507. The molecule has 2 heterocycles. The van der Waals surface area contributed by atoms with Crippen molar-refractivity contribution in [3.05, 3.63) is 65.7 Å². The van der Waals surface area contributed by atoms with Gasteiger partial charge in [0.2, 0.25) is 5.91 Å². The van der Waals surface area contributed by atoms with E-state index in [4.69, 9.17) is 0 Å². The Hall–Kier alpha value is -3.23. The first kappa shape index (κ1) is 19.5. The Morgan fingerprint density at radius 1 is 1.18 bits per heavy atom. The third kappa shape index (κ3) is 4.73. The van der Waals surface area contributed by atoms with Crippen molar-refractivity contribution in [3.8, 4) is 11.4 Å². The van der Waals surface area contributed by atoms with Crippen molar-refractivity contribution in [2.45, 2.75) is 25.6 Å². The zero-order chi connectivity index (χ0) is 20.1. The molecule has 3 rings (SSSR count). The van der Waals surface area contributed by atoms with E-state index in [0.717, 1.165) is 17.7 Å². The molecule has 0 saturated heterocycles. The lowest BCUT2D eigenvalue weighted by Gasteiger charge is -2.07. The van der Waals surface area contributed by atoms with Gasteiger partial charge in [-0.25, -0.2) is 9.67 Å². The molecular weight excluding hydrogens is 371 g/mol. The van der Waals surface area contributed by atoms with Crippen molar-refractivity contribution in [2.75, 3.05) is 7.05 Å². The highest BCUT2D eigenvalue weighted by molar-refractivity contribution is 5.75. The number of amides is 1. The van der Waals surface area contributed by atoms with E-state index < -0.39 is 11.7 Å². The van der Waals surface area contributed by atoms with Gasteiger partial charge in [-0.3, -0.25) is 9.78 Å². The normalized spacial score (nSPS) is 11.4. The second kappa shape index (κ2) is 8.20. The van der Waals surface area contributed by atoms with Crippen LogP contribution in [0.1, 0.15) is 23.4 Å². The number of rotatable bonds is 6. The van der Waals surface area contributed by atoms with E-state index in [1.54, 1.807) is 42.3 Å². The zero-order valence-electron chi connectivity index (χ0n) is 15.1. The Kier molecular flexibility index (Phi) is 5.72. The number of alkyl halides is 3. The maximum Gasteiger partial charge on any atom is 0.416 e. The van der Waals surface area contributed by atoms with Crippen LogP contribution in [-0.2, 0) is 23.9 Å². The molecule has 0 unspecified atom stereocenters. The number of nitrogens with zero attached hydrogens (tertiary/aromatic N) is 4. The summed E-state index contributed by atoms with van der Waals surface area (Å²) < 4.78 is 40.4. The van der Waals surface area contributed by atoms with Gasteiger partial charge in [-0.05, 0) is 23.8 Å². The molecule has 6 nitrogen and oxygen atoms in total. The van der Waals surface area contributed by atoms with Crippen LogP contribution in [0.2, 0.25) is 0 Å². The molecule has 0 spiro atoms. The summed E-state index contributed by atoms with van der Waals surface area (Å²) in [5, 5.41) is 6.95. The Labute approximate surface area is 159 Å². The fourth-order valence-electron chi connectivity index (χ4n) is 2.71. The van der Waals surface area contributed by atoms with Crippen molar-refractivity contribution in [3.63, 3.8) is 0 Å². The van der Waals surface area contributed by atoms with Crippen LogP contribution in [0.25, 0.3) is 11.4 Å². The van der Waals surface area contributed by atoms with Crippen molar-refractivity contribution < 1.29 is 18.0 Å². The Morgan fingerprint density at radius 2 is 1.93 bits per heavy atom. The summed E-state index contributed by atoms with van der Waals surface area (Å²) in [6.45, 7) is 0.299. The summed E-state index contributed by atoms with van der Waals surface area (Å²) in [7, 11) is 1.55. The summed E-state index contributed by atoms with van der Waals surface area (Å²) in [6, 6.07) is 8.61. The van der Waals surface area contributed by atoms with Gasteiger partial charge in [0, 0.05) is 37.8 Å². The molecule has 146 valence electrons. The lowest BCUT2D eigenvalue weighted by Crippen LogP contribution is -2.20. The number of carbonyl (C=O) groups excluding carboxylic acids is 1. The van der Waals surface area contributed by atoms with E-state index in [-0.39, 0.29) is 18.7 Å². The third-order valence-corrected chi connectivity index (χ3v) is 4.10. The molecule has 28 heavy (non-hydrogen) atoms. The Morgan fingerprint density at radius 3 is 2.61 bits per heavy atom. The van der Waals surface area contributed by atoms with E-state index in [1.807, 2.05) is 0 Å². The van der Waals surface area contributed by atoms with Gasteiger partial charge in [-0.1, -0.05) is 18.2 Å². The van der Waals surface area contributed by atoms with Crippen LogP contribution in [0.3, 0.4) is 0 Å². The minimum absolute atomic E-state index is 0.143. The van der Waals surface area contributed by atoms with E-state index in [1.165, 1.54) is 6.07 Å². The van der Waals surface area contributed by atoms with Gasteiger partial charge in [-0.15, -0.1) is 0 Å². The largest absolute Gasteiger partial charge is 0.416 e. The van der Waals surface area contributed by atoms with Crippen LogP contribution in [0.15, 0.2) is 48.8 Å². The summed E-state index contributed by atoms with van der Waals surface area (Å²) in [6.07, 6.45) is -0.826. The average molecular weight is 389 g/mol. The van der Waals surface area contributed by atoms with E-state index in [2.05, 4.69) is 20.4 Å². The van der Waals surface area contributed by atoms with Crippen LogP contribution in [0.5, 0.6) is 0 Å². The van der Waals surface area contributed by atoms with E-state index in [9.17, 15) is 18.0 Å². The van der Waals surface area contributed by atoms with Gasteiger partial charge >= 0.3 is 6.18 Å². The molecule has 1 N–H and O–H groups in total. The standard InChI is InChI=1S/C19H18F3N5O/c1-23-17(28)7-10-27-18(14-5-8-24-9-6-14)25-16(26-27)12-13-3-2-4-15(11-13)19(20,21)22/h2-6,8-9,11H,7,10,12H2,1H3,(H,23,28). The van der Waals surface area contributed by atoms with E-state index in [0.29, 0.717) is 23.8 Å². The SMILES string of the molecule is CNC(=O)CCn1nc(Cc2cccc(C(F)(F)F)c2)nc1-c1ccncc1. The number of nitrogens with one attached hydrogen (secondary N) is 1. The van der Waals surface area contributed by atoms with Crippen molar-refractivity contribution in [1.29, 1.82) is 0 Å². The minimum Gasteiger partial charge on any atom is -0.359 e. The second-order valence-electron chi connectivity index (χ2n) is 6.11. The number of aromatic nitrogens is 4. The van der Waals surface area contributed by atoms with Crippen LogP contribution >= 0.6 is 0 Å². The Bertz CT molecular complexity index is 954. The lowest BCUT2D eigenvalue weighted by atomic mass is 10.1. The quantitative estimate of drug-likeness (QED) is 0.703. The van der Waals surface area contributed by atoms with Gasteiger partial charge in [-0.2, -0.15) is 18.3 Å². The molecule has 0 fully saturated rings. The maximum absolute atomic E-state index is 12.9. The number of pyridine rings is 1. The van der Waals surface area contributed by atoms with Gasteiger partial charge < -0.3 is 5.32 Å². The fraction of sp³-hybridized carbons (Fsp3) is 0.263. The predicted octanol–water partition coefficient (Wildman–Crippen LogP) is 3.09. The number of hydrogen-bond donors (Lipinski definition) is 1. The van der Waals surface area contributed by atoms with Gasteiger partial charge in [0.1, 0.15) is 0 Å². The van der Waals surface area contributed by atoms with E-state index >= 15 is 0 Å². The molecule has 0 saturated carbocycles. The lowest BCUT2D eigenvalue weighted by molar-refractivity contribution is -0.137. The highest BCUT2D eigenvalue weighted by Gasteiger charge is 2.30.